The van der Waals surface area contributed by atoms with E-state index in [1.54, 1.807) is 12.3 Å². The third kappa shape index (κ3) is 2.55. The third-order valence-electron chi connectivity index (χ3n) is 3.62. The van der Waals surface area contributed by atoms with Crippen molar-refractivity contribution < 1.29 is 13.9 Å². The molecule has 1 aliphatic heterocycles. The van der Waals surface area contributed by atoms with Gasteiger partial charge in [0.15, 0.2) is 11.6 Å². The average Bonchev–Trinajstić information content (AvgIpc) is 2.98. The Labute approximate surface area is 116 Å². The highest BCUT2D eigenvalue weighted by atomic mass is 19.1. The summed E-state index contributed by atoms with van der Waals surface area (Å²) in [7, 11) is 0. The van der Waals surface area contributed by atoms with Crippen LogP contribution in [0.5, 0.6) is 5.75 Å². The van der Waals surface area contributed by atoms with Crippen molar-refractivity contribution in [2.45, 2.75) is 6.04 Å². The second kappa shape index (κ2) is 5.64. The Bertz CT molecular complexity index is 565. The number of furan rings is 1. The topological polar surface area (TPSA) is 48.6 Å². The summed E-state index contributed by atoms with van der Waals surface area (Å²) in [6.07, 6.45) is 1.63. The van der Waals surface area contributed by atoms with Crippen LogP contribution in [0.2, 0.25) is 0 Å². The van der Waals surface area contributed by atoms with Gasteiger partial charge < -0.3 is 14.8 Å². The Balaban J connectivity index is 1.98. The molecule has 0 spiro atoms. The Hall–Kier alpha value is -1.85. The molecule has 0 aliphatic carbocycles. The molecule has 0 unspecified atom stereocenters. The Morgan fingerprint density at radius 3 is 2.70 bits per heavy atom. The summed E-state index contributed by atoms with van der Waals surface area (Å²) in [5.74, 6) is -0.140. The highest BCUT2D eigenvalue weighted by molar-refractivity contribution is 5.33. The van der Waals surface area contributed by atoms with Crippen LogP contribution in [0.25, 0.3) is 0 Å². The first kappa shape index (κ1) is 13.1. The molecular formula is C15H17FN2O2. The minimum absolute atomic E-state index is 0.123. The number of halogens is 1. The third-order valence-corrected chi connectivity index (χ3v) is 3.62. The van der Waals surface area contributed by atoms with E-state index < -0.39 is 5.82 Å². The molecule has 106 valence electrons. The number of hydrogen-bond acceptors (Lipinski definition) is 4. The van der Waals surface area contributed by atoms with Gasteiger partial charge in [-0.1, -0.05) is 6.07 Å². The second-order valence-corrected chi connectivity index (χ2v) is 4.91. The lowest BCUT2D eigenvalue weighted by Crippen LogP contribution is -2.45. The molecule has 4 nitrogen and oxygen atoms in total. The monoisotopic (exact) mass is 276 g/mol. The average molecular weight is 276 g/mol. The van der Waals surface area contributed by atoms with E-state index in [1.807, 2.05) is 12.1 Å². The first-order chi connectivity index (χ1) is 9.75. The minimum Gasteiger partial charge on any atom is -0.505 e. The van der Waals surface area contributed by atoms with E-state index in [0.29, 0.717) is 0 Å². The van der Waals surface area contributed by atoms with Crippen LogP contribution in [-0.4, -0.2) is 36.2 Å². The number of rotatable bonds is 3. The summed E-state index contributed by atoms with van der Waals surface area (Å²) in [6.45, 7) is 3.54. The van der Waals surface area contributed by atoms with Crippen LogP contribution in [0.3, 0.4) is 0 Å². The SMILES string of the molecule is Oc1ccc([C@@H](c2ccco2)N2CCNCC2)cc1F. The van der Waals surface area contributed by atoms with E-state index in [9.17, 15) is 9.50 Å². The Kier molecular flexibility index (Phi) is 3.71. The van der Waals surface area contributed by atoms with Crippen molar-refractivity contribution >= 4 is 0 Å². The second-order valence-electron chi connectivity index (χ2n) is 4.91. The summed E-state index contributed by atoms with van der Waals surface area (Å²) >= 11 is 0. The van der Waals surface area contributed by atoms with Crippen molar-refractivity contribution in [3.63, 3.8) is 0 Å². The highest BCUT2D eigenvalue weighted by Gasteiger charge is 2.26. The van der Waals surface area contributed by atoms with Crippen LogP contribution in [0, 0.1) is 5.82 Å². The zero-order valence-electron chi connectivity index (χ0n) is 11.1. The van der Waals surface area contributed by atoms with E-state index in [4.69, 9.17) is 4.42 Å². The molecule has 2 N–H and O–H groups in total. The van der Waals surface area contributed by atoms with Crippen LogP contribution in [0.15, 0.2) is 41.0 Å². The van der Waals surface area contributed by atoms with Crippen molar-refractivity contribution in [2.75, 3.05) is 26.2 Å². The molecule has 5 heteroatoms. The molecule has 0 amide bonds. The molecule has 0 radical (unpaired) electrons. The predicted molar refractivity (Wildman–Crippen MR) is 73.1 cm³/mol. The van der Waals surface area contributed by atoms with Crippen molar-refractivity contribution in [3.8, 4) is 5.75 Å². The lowest BCUT2D eigenvalue weighted by atomic mass is 10.0. The van der Waals surface area contributed by atoms with Gasteiger partial charge in [0.25, 0.3) is 0 Å². The maximum Gasteiger partial charge on any atom is 0.165 e. The molecule has 1 atom stereocenters. The predicted octanol–water partition coefficient (Wildman–Crippen LogP) is 2.12. The number of phenols is 1. The number of piperazine rings is 1. The molecule has 1 aliphatic rings. The van der Waals surface area contributed by atoms with Gasteiger partial charge in [-0.05, 0) is 29.8 Å². The number of hydrogen-bond donors (Lipinski definition) is 2. The molecule has 3 rings (SSSR count). The zero-order chi connectivity index (χ0) is 13.9. The number of nitrogens with one attached hydrogen (secondary N) is 1. The molecule has 1 aromatic carbocycles. The van der Waals surface area contributed by atoms with Crippen molar-refractivity contribution in [1.29, 1.82) is 0 Å². The molecule has 2 aromatic rings. The van der Waals surface area contributed by atoms with Gasteiger partial charge in [-0.25, -0.2) is 4.39 Å². The first-order valence-corrected chi connectivity index (χ1v) is 6.72. The van der Waals surface area contributed by atoms with Gasteiger partial charge in [0.1, 0.15) is 5.76 Å². The van der Waals surface area contributed by atoms with E-state index >= 15 is 0 Å². The summed E-state index contributed by atoms with van der Waals surface area (Å²) in [5, 5.41) is 12.6. The summed E-state index contributed by atoms with van der Waals surface area (Å²) < 4.78 is 19.2. The zero-order valence-corrected chi connectivity index (χ0v) is 11.1. The fourth-order valence-corrected chi connectivity index (χ4v) is 2.64. The van der Waals surface area contributed by atoms with Gasteiger partial charge in [0.05, 0.1) is 12.3 Å². The Morgan fingerprint density at radius 1 is 1.25 bits per heavy atom. The largest absolute Gasteiger partial charge is 0.505 e. The van der Waals surface area contributed by atoms with E-state index in [-0.39, 0.29) is 11.8 Å². The molecule has 1 saturated heterocycles. The van der Waals surface area contributed by atoms with Gasteiger partial charge in [-0.3, -0.25) is 4.90 Å². The fraction of sp³-hybridized carbons (Fsp3) is 0.333. The minimum atomic E-state index is -0.603. The molecule has 2 heterocycles. The maximum absolute atomic E-state index is 13.6. The Morgan fingerprint density at radius 2 is 2.05 bits per heavy atom. The summed E-state index contributed by atoms with van der Waals surface area (Å²) in [6, 6.07) is 8.13. The van der Waals surface area contributed by atoms with Gasteiger partial charge >= 0.3 is 0 Å². The smallest absolute Gasteiger partial charge is 0.165 e. The molecular weight excluding hydrogens is 259 g/mol. The van der Waals surface area contributed by atoms with Crippen molar-refractivity contribution in [1.82, 2.24) is 10.2 Å². The van der Waals surface area contributed by atoms with E-state index in [1.165, 1.54) is 12.1 Å². The number of phenolic OH excluding ortho intramolecular Hbond substituents is 1. The van der Waals surface area contributed by atoms with E-state index in [0.717, 1.165) is 37.5 Å². The summed E-state index contributed by atoms with van der Waals surface area (Å²) in [4.78, 5) is 2.25. The van der Waals surface area contributed by atoms with Crippen LogP contribution in [0.4, 0.5) is 4.39 Å². The molecule has 0 bridgehead atoms. The van der Waals surface area contributed by atoms with Gasteiger partial charge in [-0.15, -0.1) is 0 Å². The maximum atomic E-state index is 13.6. The lowest BCUT2D eigenvalue weighted by molar-refractivity contribution is 0.179. The molecule has 0 saturated carbocycles. The highest BCUT2D eigenvalue weighted by Crippen LogP contribution is 2.31. The number of benzene rings is 1. The normalized spacial score (nSPS) is 18.1. The van der Waals surface area contributed by atoms with E-state index in [2.05, 4.69) is 10.2 Å². The van der Waals surface area contributed by atoms with Crippen LogP contribution >= 0.6 is 0 Å². The van der Waals surface area contributed by atoms with Crippen LogP contribution in [0.1, 0.15) is 17.4 Å². The lowest BCUT2D eigenvalue weighted by Gasteiger charge is -2.34. The van der Waals surface area contributed by atoms with Gasteiger partial charge in [0.2, 0.25) is 0 Å². The van der Waals surface area contributed by atoms with Gasteiger partial charge in [-0.2, -0.15) is 0 Å². The van der Waals surface area contributed by atoms with Crippen LogP contribution < -0.4 is 5.32 Å². The van der Waals surface area contributed by atoms with Crippen molar-refractivity contribution in [2.24, 2.45) is 0 Å². The van der Waals surface area contributed by atoms with Gasteiger partial charge in [0, 0.05) is 26.2 Å². The first-order valence-electron chi connectivity index (χ1n) is 6.72. The quantitative estimate of drug-likeness (QED) is 0.901. The summed E-state index contributed by atoms with van der Waals surface area (Å²) in [5.41, 5.74) is 0.789. The van der Waals surface area contributed by atoms with Crippen molar-refractivity contribution in [3.05, 3.63) is 53.7 Å². The molecule has 1 aromatic heterocycles. The molecule has 20 heavy (non-hydrogen) atoms. The standard InChI is InChI=1S/C15H17FN2O2/c16-12-10-11(3-4-13(12)19)15(14-2-1-9-20-14)18-7-5-17-6-8-18/h1-4,9-10,15,17,19H,5-8H2/t15-/m0/s1. The van der Waals surface area contributed by atoms with Crippen LogP contribution in [-0.2, 0) is 0 Å². The molecule has 1 fully saturated rings. The number of nitrogens with zero attached hydrogens (tertiary/aromatic N) is 1. The number of aromatic hydroxyl groups is 1. The fourth-order valence-electron chi connectivity index (χ4n) is 2.64.